The normalized spacial score (nSPS) is 19.2. The molecule has 0 spiro atoms. The molecule has 2 rings (SSSR count). The van der Waals surface area contributed by atoms with Crippen molar-refractivity contribution in [1.82, 2.24) is 4.31 Å². The molecule has 20 heavy (non-hydrogen) atoms. The second-order valence-electron chi connectivity index (χ2n) is 5.94. The van der Waals surface area contributed by atoms with Gasteiger partial charge in [0.05, 0.1) is 7.11 Å². The fourth-order valence-corrected chi connectivity index (χ4v) is 4.22. The average Bonchev–Trinajstić information content (AvgIpc) is 2.79. The summed E-state index contributed by atoms with van der Waals surface area (Å²) < 4.78 is 32.2. The molecule has 0 unspecified atom stereocenters. The van der Waals surface area contributed by atoms with Crippen LogP contribution in [0.5, 0.6) is 5.75 Å². The Morgan fingerprint density at radius 3 is 2.60 bits per heavy atom. The summed E-state index contributed by atoms with van der Waals surface area (Å²) in [6.07, 6.45) is 0.870. The molecule has 0 amide bonds. The van der Waals surface area contributed by atoms with Crippen molar-refractivity contribution >= 4 is 10.0 Å². The van der Waals surface area contributed by atoms with Gasteiger partial charge in [-0.1, -0.05) is 19.9 Å². The van der Waals surface area contributed by atoms with Gasteiger partial charge in [-0.25, -0.2) is 8.42 Å². The van der Waals surface area contributed by atoms with E-state index in [0.29, 0.717) is 25.4 Å². The molecule has 1 heterocycles. The Kier molecular flexibility index (Phi) is 4.09. The SMILES string of the molecule is COc1cc(CN)ccc1S(=O)(=O)N1CCC(C)(C)C1. The lowest BCUT2D eigenvalue weighted by molar-refractivity contribution is 0.371. The maximum absolute atomic E-state index is 12.7. The molecule has 1 aliphatic heterocycles. The predicted octanol–water partition coefficient (Wildman–Crippen LogP) is 1.57. The average molecular weight is 298 g/mol. The van der Waals surface area contributed by atoms with E-state index in [0.717, 1.165) is 12.0 Å². The first-order chi connectivity index (χ1) is 9.30. The van der Waals surface area contributed by atoms with Gasteiger partial charge in [0.15, 0.2) is 0 Å². The topological polar surface area (TPSA) is 72.6 Å². The standard InChI is InChI=1S/C14H22N2O3S/c1-14(2)6-7-16(10-14)20(17,18)13-5-4-11(9-15)8-12(13)19-3/h4-5,8H,6-7,9-10,15H2,1-3H3. The lowest BCUT2D eigenvalue weighted by Crippen LogP contribution is -2.30. The zero-order valence-electron chi connectivity index (χ0n) is 12.2. The van der Waals surface area contributed by atoms with E-state index in [2.05, 4.69) is 13.8 Å². The van der Waals surface area contributed by atoms with Gasteiger partial charge in [-0.3, -0.25) is 0 Å². The minimum Gasteiger partial charge on any atom is -0.495 e. The second kappa shape index (κ2) is 5.35. The maximum atomic E-state index is 12.7. The number of hydrogen-bond acceptors (Lipinski definition) is 4. The molecule has 0 aromatic heterocycles. The van der Waals surface area contributed by atoms with Crippen LogP contribution in [0.25, 0.3) is 0 Å². The molecule has 2 N–H and O–H groups in total. The highest BCUT2D eigenvalue weighted by Crippen LogP contribution is 2.35. The van der Waals surface area contributed by atoms with Crippen molar-refractivity contribution in [2.45, 2.75) is 31.7 Å². The third-order valence-electron chi connectivity index (χ3n) is 3.72. The van der Waals surface area contributed by atoms with Crippen LogP contribution in [0.3, 0.4) is 0 Å². The molecular formula is C14H22N2O3S. The van der Waals surface area contributed by atoms with Crippen molar-refractivity contribution in [1.29, 1.82) is 0 Å². The Balaban J connectivity index is 2.40. The lowest BCUT2D eigenvalue weighted by atomic mass is 9.93. The van der Waals surface area contributed by atoms with Gasteiger partial charge >= 0.3 is 0 Å². The molecule has 5 nitrogen and oxygen atoms in total. The fraction of sp³-hybridized carbons (Fsp3) is 0.571. The molecule has 1 aliphatic rings. The second-order valence-corrected chi connectivity index (χ2v) is 7.85. The highest BCUT2D eigenvalue weighted by Gasteiger charge is 2.38. The zero-order valence-corrected chi connectivity index (χ0v) is 13.0. The van der Waals surface area contributed by atoms with Crippen LogP contribution in [0.2, 0.25) is 0 Å². The van der Waals surface area contributed by atoms with Gasteiger partial charge in [0.2, 0.25) is 10.0 Å². The molecule has 1 fully saturated rings. The van der Waals surface area contributed by atoms with E-state index >= 15 is 0 Å². The highest BCUT2D eigenvalue weighted by molar-refractivity contribution is 7.89. The van der Waals surface area contributed by atoms with Crippen LogP contribution in [-0.2, 0) is 16.6 Å². The van der Waals surface area contributed by atoms with E-state index in [4.69, 9.17) is 10.5 Å². The third-order valence-corrected chi connectivity index (χ3v) is 5.61. The highest BCUT2D eigenvalue weighted by atomic mass is 32.2. The van der Waals surface area contributed by atoms with E-state index in [9.17, 15) is 8.42 Å². The zero-order chi connectivity index (χ0) is 15.0. The summed E-state index contributed by atoms with van der Waals surface area (Å²) in [7, 11) is -2.04. The number of rotatable bonds is 4. The quantitative estimate of drug-likeness (QED) is 0.916. The van der Waals surface area contributed by atoms with Crippen molar-refractivity contribution in [3.63, 3.8) is 0 Å². The summed E-state index contributed by atoms with van der Waals surface area (Å²) in [6, 6.07) is 5.01. The summed E-state index contributed by atoms with van der Waals surface area (Å²) in [5.41, 5.74) is 6.45. The number of benzene rings is 1. The number of ether oxygens (including phenoxy) is 1. The van der Waals surface area contributed by atoms with E-state index in [1.54, 1.807) is 18.2 Å². The van der Waals surface area contributed by atoms with Crippen LogP contribution in [0.1, 0.15) is 25.8 Å². The van der Waals surface area contributed by atoms with E-state index < -0.39 is 10.0 Å². The Morgan fingerprint density at radius 1 is 1.40 bits per heavy atom. The van der Waals surface area contributed by atoms with Crippen LogP contribution >= 0.6 is 0 Å². The van der Waals surface area contributed by atoms with Crippen molar-refractivity contribution in [2.75, 3.05) is 20.2 Å². The summed E-state index contributed by atoms with van der Waals surface area (Å²) in [4.78, 5) is 0.218. The summed E-state index contributed by atoms with van der Waals surface area (Å²) in [6.45, 7) is 5.61. The van der Waals surface area contributed by atoms with Crippen molar-refractivity contribution in [3.05, 3.63) is 23.8 Å². The van der Waals surface area contributed by atoms with Gasteiger partial charge in [-0.15, -0.1) is 0 Å². The monoisotopic (exact) mass is 298 g/mol. The van der Waals surface area contributed by atoms with Gasteiger partial charge in [-0.05, 0) is 29.5 Å². The summed E-state index contributed by atoms with van der Waals surface area (Å²) in [5.74, 6) is 0.359. The first-order valence-corrected chi connectivity index (χ1v) is 8.11. The largest absolute Gasteiger partial charge is 0.495 e. The van der Waals surface area contributed by atoms with Gasteiger partial charge in [-0.2, -0.15) is 4.31 Å². The molecule has 112 valence electrons. The van der Waals surface area contributed by atoms with Gasteiger partial charge in [0.25, 0.3) is 0 Å². The number of methoxy groups -OCH3 is 1. The smallest absolute Gasteiger partial charge is 0.246 e. The van der Waals surface area contributed by atoms with E-state index in [1.807, 2.05) is 0 Å². The van der Waals surface area contributed by atoms with Crippen LogP contribution in [0.4, 0.5) is 0 Å². The first-order valence-electron chi connectivity index (χ1n) is 6.67. The van der Waals surface area contributed by atoms with Gasteiger partial charge in [0.1, 0.15) is 10.6 Å². The Bertz CT molecular complexity index is 596. The number of nitrogens with zero attached hydrogens (tertiary/aromatic N) is 1. The molecular weight excluding hydrogens is 276 g/mol. The molecule has 1 aromatic rings. The Morgan fingerprint density at radius 2 is 2.10 bits per heavy atom. The fourth-order valence-electron chi connectivity index (χ4n) is 2.46. The van der Waals surface area contributed by atoms with E-state index in [-0.39, 0.29) is 10.3 Å². The minimum absolute atomic E-state index is 0.0253. The molecule has 1 saturated heterocycles. The van der Waals surface area contributed by atoms with Gasteiger partial charge < -0.3 is 10.5 Å². The molecule has 0 atom stereocenters. The third kappa shape index (κ3) is 2.82. The lowest BCUT2D eigenvalue weighted by Gasteiger charge is -2.21. The molecule has 0 radical (unpaired) electrons. The van der Waals surface area contributed by atoms with Crippen LogP contribution < -0.4 is 10.5 Å². The first kappa shape index (κ1) is 15.3. The summed E-state index contributed by atoms with van der Waals surface area (Å²) in [5, 5.41) is 0. The van der Waals surface area contributed by atoms with Crippen molar-refractivity contribution < 1.29 is 13.2 Å². The Labute approximate surface area is 120 Å². The van der Waals surface area contributed by atoms with Crippen molar-refractivity contribution in [2.24, 2.45) is 11.1 Å². The Hall–Kier alpha value is -1.11. The maximum Gasteiger partial charge on any atom is 0.246 e. The molecule has 0 aliphatic carbocycles. The number of nitrogens with two attached hydrogens (primary N) is 1. The summed E-state index contributed by atoms with van der Waals surface area (Å²) >= 11 is 0. The molecule has 0 bridgehead atoms. The molecule has 1 aromatic carbocycles. The number of hydrogen-bond donors (Lipinski definition) is 1. The van der Waals surface area contributed by atoms with Crippen LogP contribution in [0.15, 0.2) is 23.1 Å². The van der Waals surface area contributed by atoms with E-state index in [1.165, 1.54) is 11.4 Å². The van der Waals surface area contributed by atoms with Gasteiger partial charge in [0, 0.05) is 19.6 Å². The molecule has 6 heteroatoms. The van der Waals surface area contributed by atoms with Crippen molar-refractivity contribution in [3.8, 4) is 5.75 Å². The predicted molar refractivity (Wildman–Crippen MR) is 78.0 cm³/mol. The van der Waals surface area contributed by atoms with Crippen LogP contribution in [0, 0.1) is 5.41 Å². The van der Waals surface area contributed by atoms with Crippen LogP contribution in [-0.4, -0.2) is 32.9 Å². The minimum atomic E-state index is -3.51. The number of sulfonamides is 1. The molecule has 0 saturated carbocycles.